The summed E-state index contributed by atoms with van der Waals surface area (Å²) < 4.78 is 8.59. The van der Waals surface area contributed by atoms with Crippen molar-refractivity contribution < 1.29 is 14.6 Å². The molecule has 0 unspecified atom stereocenters. The van der Waals surface area contributed by atoms with Crippen LogP contribution in [0.3, 0.4) is 0 Å². The molecule has 1 fully saturated rings. The van der Waals surface area contributed by atoms with Gasteiger partial charge in [-0.05, 0) is 18.6 Å². The molecular weight excluding hydrogens is 324 g/mol. The van der Waals surface area contributed by atoms with E-state index in [2.05, 4.69) is 20.3 Å². The Balaban J connectivity index is 1.83. The van der Waals surface area contributed by atoms with E-state index in [9.17, 15) is 9.90 Å². The fraction of sp³-hybridized carbons (Fsp3) is 0.312. The summed E-state index contributed by atoms with van der Waals surface area (Å²) in [4.78, 5) is 15.9. The van der Waals surface area contributed by atoms with Crippen molar-refractivity contribution in [2.45, 2.75) is 18.9 Å². The lowest BCUT2D eigenvalue weighted by Gasteiger charge is -2.09. The summed E-state index contributed by atoms with van der Waals surface area (Å²) >= 11 is 0. The SMILES string of the molecule is O=C(O)Cn1nc([C@H]2CCOC2)nc1-c1ccccc1-n1cnnc1. The van der Waals surface area contributed by atoms with E-state index in [1.807, 2.05) is 24.3 Å². The molecule has 0 radical (unpaired) electrons. The van der Waals surface area contributed by atoms with E-state index in [-0.39, 0.29) is 12.5 Å². The van der Waals surface area contributed by atoms with Crippen LogP contribution in [0.15, 0.2) is 36.9 Å². The third-order valence-electron chi connectivity index (χ3n) is 4.11. The first kappa shape index (κ1) is 15.5. The van der Waals surface area contributed by atoms with Crippen LogP contribution in [0.4, 0.5) is 0 Å². The lowest BCUT2D eigenvalue weighted by molar-refractivity contribution is -0.137. The summed E-state index contributed by atoms with van der Waals surface area (Å²) in [5.41, 5.74) is 1.57. The molecule has 0 spiro atoms. The average Bonchev–Trinajstić information content (AvgIpc) is 3.35. The van der Waals surface area contributed by atoms with Gasteiger partial charge in [-0.1, -0.05) is 12.1 Å². The maximum atomic E-state index is 11.3. The summed E-state index contributed by atoms with van der Waals surface area (Å²) in [6, 6.07) is 7.55. The van der Waals surface area contributed by atoms with Gasteiger partial charge in [-0.2, -0.15) is 5.10 Å². The predicted molar refractivity (Wildman–Crippen MR) is 86.2 cm³/mol. The second-order valence-corrected chi connectivity index (χ2v) is 5.79. The van der Waals surface area contributed by atoms with Crippen LogP contribution in [0.5, 0.6) is 0 Å². The Labute approximate surface area is 142 Å². The van der Waals surface area contributed by atoms with Crippen LogP contribution in [-0.4, -0.2) is 53.8 Å². The van der Waals surface area contributed by atoms with Crippen molar-refractivity contribution in [2.24, 2.45) is 0 Å². The Morgan fingerprint density at radius 2 is 2.08 bits per heavy atom. The van der Waals surface area contributed by atoms with Crippen LogP contribution in [0.25, 0.3) is 17.1 Å². The number of nitrogens with zero attached hydrogens (tertiary/aromatic N) is 6. The standard InChI is InChI=1S/C16H16N6O3/c23-14(24)7-22-16(19-15(20-22)11-5-6-25-8-11)12-3-1-2-4-13(12)21-9-17-18-10-21/h1-4,9-11H,5-8H2,(H,23,24)/t11-/m0/s1. The Hall–Kier alpha value is -3.07. The Kier molecular flexibility index (Phi) is 3.98. The summed E-state index contributed by atoms with van der Waals surface area (Å²) in [5.74, 6) is 0.249. The summed E-state index contributed by atoms with van der Waals surface area (Å²) in [6.45, 7) is 0.973. The van der Waals surface area contributed by atoms with Crippen molar-refractivity contribution in [3.05, 3.63) is 42.7 Å². The van der Waals surface area contributed by atoms with Crippen molar-refractivity contribution >= 4 is 5.97 Å². The van der Waals surface area contributed by atoms with Gasteiger partial charge in [0, 0.05) is 18.1 Å². The van der Waals surface area contributed by atoms with Gasteiger partial charge in [0.2, 0.25) is 0 Å². The number of carboxylic acid groups (broad SMARTS) is 1. The molecule has 1 atom stereocenters. The van der Waals surface area contributed by atoms with E-state index in [0.29, 0.717) is 24.9 Å². The van der Waals surface area contributed by atoms with Crippen LogP contribution in [0.2, 0.25) is 0 Å². The molecule has 128 valence electrons. The molecule has 1 saturated heterocycles. The monoisotopic (exact) mass is 340 g/mol. The number of benzene rings is 1. The summed E-state index contributed by atoms with van der Waals surface area (Å²) in [6.07, 6.45) is 4.01. The molecule has 0 amide bonds. The molecule has 1 aliphatic heterocycles. The molecule has 9 nitrogen and oxygen atoms in total. The van der Waals surface area contributed by atoms with Crippen LogP contribution < -0.4 is 0 Å². The average molecular weight is 340 g/mol. The van der Waals surface area contributed by atoms with Gasteiger partial charge in [-0.15, -0.1) is 10.2 Å². The second kappa shape index (κ2) is 6.44. The van der Waals surface area contributed by atoms with Gasteiger partial charge in [-0.3, -0.25) is 9.36 Å². The Morgan fingerprint density at radius 1 is 1.28 bits per heavy atom. The van der Waals surface area contributed by atoms with Crippen molar-refractivity contribution in [3.8, 4) is 17.1 Å². The van der Waals surface area contributed by atoms with Crippen LogP contribution in [0, 0.1) is 0 Å². The van der Waals surface area contributed by atoms with E-state index in [0.717, 1.165) is 17.7 Å². The normalized spacial score (nSPS) is 17.0. The zero-order valence-corrected chi connectivity index (χ0v) is 13.3. The van der Waals surface area contributed by atoms with Gasteiger partial charge >= 0.3 is 5.97 Å². The molecule has 1 aromatic carbocycles. The highest BCUT2D eigenvalue weighted by Gasteiger charge is 2.25. The largest absolute Gasteiger partial charge is 0.480 e. The number of rotatable bonds is 5. The number of carbonyl (C=O) groups is 1. The predicted octanol–water partition coefficient (Wildman–Crippen LogP) is 1.11. The Morgan fingerprint density at radius 3 is 2.80 bits per heavy atom. The van der Waals surface area contributed by atoms with E-state index in [4.69, 9.17) is 4.74 Å². The number of para-hydroxylation sites is 1. The molecule has 1 N–H and O–H groups in total. The molecule has 0 saturated carbocycles. The van der Waals surface area contributed by atoms with Gasteiger partial charge in [0.15, 0.2) is 11.6 Å². The van der Waals surface area contributed by atoms with Crippen LogP contribution in [0.1, 0.15) is 18.2 Å². The lowest BCUT2D eigenvalue weighted by Crippen LogP contribution is -2.12. The molecule has 2 aromatic heterocycles. The van der Waals surface area contributed by atoms with Gasteiger partial charge in [0.1, 0.15) is 19.2 Å². The number of hydrogen-bond acceptors (Lipinski definition) is 6. The second-order valence-electron chi connectivity index (χ2n) is 5.79. The molecular formula is C16H16N6O3. The zero-order valence-electron chi connectivity index (χ0n) is 13.3. The minimum Gasteiger partial charge on any atom is -0.480 e. The number of carboxylic acids is 1. The molecule has 3 heterocycles. The number of aliphatic carboxylic acids is 1. The molecule has 9 heteroatoms. The molecule has 1 aliphatic rings. The number of aromatic nitrogens is 6. The summed E-state index contributed by atoms with van der Waals surface area (Å²) in [5, 5.41) is 21.3. The fourth-order valence-electron chi connectivity index (χ4n) is 2.92. The first-order valence-corrected chi connectivity index (χ1v) is 7.91. The molecule has 3 aromatic rings. The number of hydrogen-bond donors (Lipinski definition) is 1. The third-order valence-corrected chi connectivity index (χ3v) is 4.11. The summed E-state index contributed by atoms with van der Waals surface area (Å²) in [7, 11) is 0. The smallest absolute Gasteiger partial charge is 0.325 e. The lowest BCUT2D eigenvalue weighted by atomic mass is 10.1. The van der Waals surface area contributed by atoms with Crippen LogP contribution in [-0.2, 0) is 16.1 Å². The van der Waals surface area contributed by atoms with E-state index >= 15 is 0 Å². The first-order valence-electron chi connectivity index (χ1n) is 7.91. The van der Waals surface area contributed by atoms with Crippen molar-refractivity contribution in [2.75, 3.05) is 13.2 Å². The minimum atomic E-state index is -0.970. The van der Waals surface area contributed by atoms with Gasteiger partial charge < -0.3 is 9.84 Å². The Bertz CT molecular complexity index is 883. The molecule has 0 aliphatic carbocycles. The zero-order chi connectivity index (χ0) is 17.2. The van der Waals surface area contributed by atoms with Gasteiger partial charge in [0.05, 0.1) is 12.3 Å². The maximum Gasteiger partial charge on any atom is 0.325 e. The topological polar surface area (TPSA) is 108 Å². The van der Waals surface area contributed by atoms with Gasteiger partial charge in [-0.25, -0.2) is 9.67 Å². The quantitative estimate of drug-likeness (QED) is 0.741. The van der Waals surface area contributed by atoms with E-state index in [1.165, 1.54) is 4.68 Å². The van der Waals surface area contributed by atoms with Crippen molar-refractivity contribution in [1.29, 1.82) is 0 Å². The van der Waals surface area contributed by atoms with E-state index in [1.54, 1.807) is 17.2 Å². The first-order chi connectivity index (χ1) is 12.2. The maximum absolute atomic E-state index is 11.3. The molecule has 4 rings (SSSR count). The van der Waals surface area contributed by atoms with Crippen LogP contribution >= 0.6 is 0 Å². The van der Waals surface area contributed by atoms with Gasteiger partial charge in [0.25, 0.3) is 0 Å². The van der Waals surface area contributed by atoms with Crippen molar-refractivity contribution in [1.82, 2.24) is 29.5 Å². The van der Waals surface area contributed by atoms with E-state index < -0.39 is 5.97 Å². The third kappa shape index (κ3) is 3.01. The molecule has 0 bridgehead atoms. The highest BCUT2D eigenvalue weighted by molar-refractivity contribution is 5.71. The van der Waals surface area contributed by atoms with Crippen molar-refractivity contribution in [3.63, 3.8) is 0 Å². The fourth-order valence-corrected chi connectivity index (χ4v) is 2.92. The number of ether oxygens (including phenoxy) is 1. The minimum absolute atomic E-state index is 0.0934. The molecule has 25 heavy (non-hydrogen) atoms. The highest BCUT2D eigenvalue weighted by atomic mass is 16.5. The highest BCUT2D eigenvalue weighted by Crippen LogP contribution is 2.29.